The molecule has 0 bridgehead atoms. The monoisotopic (exact) mass is 119 g/mol. The minimum absolute atomic E-state index is 0.223. The lowest BCUT2D eigenvalue weighted by Gasteiger charge is -1.91. The third-order valence-electron chi connectivity index (χ3n) is 1.12. The summed E-state index contributed by atoms with van der Waals surface area (Å²) in [6.45, 7) is 0. The fourth-order valence-electron chi connectivity index (χ4n) is 0.688. The molecule has 0 saturated carbocycles. The quantitative estimate of drug-likeness (QED) is 0.465. The van der Waals surface area contributed by atoms with Crippen molar-refractivity contribution in [3.63, 3.8) is 0 Å². The lowest BCUT2D eigenvalue weighted by molar-refractivity contribution is 0.686. The first kappa shape index (κ1) is 5.25. The van der Waals surface area contributed by atoms with Gasteiger partial charge in [0.2, 0.25) is 0 Å². The van der Waals surface area contributed by atoms with E-state index in [2.05, 4.69) is 0 Å². The summed E-state index contributed by atoms with van der Waals surface area (Å²) in [7, 11) is -0.578. The van der Waals surface area contributed by atoms with E-state index >= 15 is 0 Å². The second-order valence-corrected chi connectivity index (χ2v) is 3.48. The summed E-state index contributed by atoms with van der Waals surface area (Å²) in [6, 6.07) is 0.223. The third-order valence-corrected chi connectivity index (χ3v) is 2.61. The second kappa shape index (κ2) is 1.92. The lowest BCUT2D eigenvalue weighted by atomic mass is 10.3. The summed E-state index contributed by atoms with van der Waals surface area (Å²) in [5.41, 5.74) is 5.43. The summed E-state index contributed by atoms with van der Waals surface area (Å²) in [6.07, 6.45) is 0.951. The highest BCUT2D eigenvalue weighted by molar-refractivity contribution is 7.85. The molecule has 3 heteroatoms. The van der Waals surface area contributed by atoms with Gasteiger partial charge in [-0.15, -0.1) is 0 Å². The van der Waals surface area contributed by atoms with E-state index in [0.717, 1.165) is 17.9 Å². The summed E-state index contributed by atoms with van der Waals surface area (Å²) >= 11 is 0. The van der Waals surface area contributed by atoms with Crippen molar-refractivity contribution in [2.45, 2.75) is 12.5 Å². The fraction of sp³-hybridized carbons (Fsp3) is 1.00. The van der Waals surface area contributed by atoms with Crippen molar-refractivity contribution in [1.82, 2.24) is 0 Å². The van der Waals surface area contributed by atoms with Gasteiger partial charge in [-0.25, -0.2) is 0 Å². The zero-order chi connectivity index (χ0) is 5.28. The van der Waals surface area contributed by atoms with Crippen LogP contribution in [0.5, 0.6) is 0 Å². The Morgan fingerprint density at radius 3 is 2.57 bits per heavy atom. The first-order valence-electron chi connectivity index (χ1n) is 2.39. The highest BCUT2D eigenvalue weighted by Gasteiger charge is 2.15. The van der Waals surface area contributed by atoms with Gasteiger partial charge in [0.1, 0.15) is 0 Å². The van der Waals surface area contributed by atoms with Crippen molar-refractivity contribution in [2.75, 3.05) is 11.5 Å². The van der Waals surface area contributed by atoms with Crippen LogP contribution in [0.4, 0.5) is 0 Å². The summed E-state index contributed by atoms with van der Waals surface area (Å²) in [5, 5.41) is 0. The highest BCUT2D eigenvalue weighted by Crippen LogP contribution is 2.03. The standard InChI is InChI=1S/C4H9NOS/c5-4-1-2-7(6)3-4/h4H,1-3,5H2/t4-,7+/m0/s1. The van der Waals surface area contributed by atoms with Gasteiger partial charge in [0.25, 0.3) is 0 Å². The molecular weight excluding hydrogens is 110 g/mol. The molecule has 1 heterocycles. The molecule has 0 aromatic carbocycles. The van der Waals surface area contributed by atoms with E-state index in [1.54, 1.807) is 0 Å². The summed E-state index contributed by atoms with van der Waals surface area (Å²) in [5.74, 6) is 1.54. The maximum Gasteiger partial charge on any atom is 0.0386 e. The molecule has 1 rings (SSSR count). The Hall–Kier alpha value is 0.110. The average Bonchev–Trinajstić information content (AvgIpc) is 1.87. The lowest BCUT2D eigenvalue weighted by Crippen LogP contribution is -2.18. The number of hydrogen-bond acceptors (Lipinski definition) is 2. The molecule has 2 nitrogen and oxygen atoms in total. The second-order valence-electron chi connectivity index (χ2n) is 1.86. The predicted octanol–water partition coefficient (Wildman–Crippen LogP) is -0.534. The van der Waals surface area contributed by atoms with Crippen molar-refractivity contribution < 1.29 is 4.21 Å². The fourth-order valence-corrected chi connectivity index (χ4v) is 2.06. The summed E-state index contributed by atoms with van der Waals surface area (Å²) < 4.78 is 10.5. The van der Waals surface area contributed by atoms with Gasteiger partial charge in [0.05, 0.1) is 0 Å². The van der Waals surface area contributed by atoms with Crippen LogP contribution < -0.4 is 5.73 Å². The van der Waals surface area contributed by atoms with Gasteiger partial charge in [0.15, 0.2) is 0 Å². The Morgan fingerprint density at radius 1 is 1.71 bits per heavy atom. The Morgan fingerprint density at radius 2 is 2.43 bits per heavy atom. The molecule has 42 valence electrons. The van der Waals surface area contributed by atoms with Crippen LogP contribution in [-0.2, 0) is 10.8 Å². The van der Waals surface area contributed by atoms with Gasteiger partial charge in [-0.2, -0.15) is 0 Å². The number of hydrogen-bond donors (Lipinski definition) is 1. The van der Waals surface area contributed by atoms with E-state index in [9.17, 15) is 4.21 Å². The van der Waals surface area contributed by atoms with Crippen molar-refractivity contribution in [3.05, 3.63) is 0 Å². The Labute approximate surface area is 45.5 Å². The molecule has 0 aromatic rings. The maximum absolute atomic E-state index is 10.5. The van der Waals surface area contributed by atoms with Gasteiger partial charge in [-0.05, 0) is 6.42 Å². The molecule has 0 amide bonds. The van der Waals surface area contributed by atoms with E-state index in [1.807, 2.05) is 0 Å². The topological polar surface area (TPSA) is 43.1 Å². The summed E-state index contributed by atoms with van der Waals surface area (Å²) in [4.78, 5) is 0. The van der Waals surface area contributed by atoms with E-state index in [1.165, 1.54) is 0 Å². The Bertz CT molecular complexity index is 93.7. The zero-order valence-electron chi connectivity index (χ0n) is 4.09. The molecule has 1 saturated heterocycles. The largest absolute Gasteiger partial charge is 0.327 e. The van der Waals surface area contributed by atoms with Gasteiger partial charge in [-0.3, -0.25) is 4.21 Å². The number of nitrogens with two attached hydrogens (primary N) is 1. The zero-order valence-corrected chi connectivity index (χ0v) is 4.91. The minimum atomic E-state index is -0.578. The smallest absolute Gasteiger partial charge is 0.0386 e. The molecule has 2 N–H and O–H groups in total. The van der Waals surface area contributed by atoms with Crippen molar-refractivity contribution in [1.29, 1.82) is 0 Å². The molecule has 0 aromatic heterocycles. The van der Waals surface area contributed by atoms with Gasteiger partial charge in [-0.1, -0.05) is 0 Å². The predicted molar refractivity (Wildman–Crippen MR) is 30.5 cm³/mol. The van der Waals surface area contributed by atoms with Crippen LogP contribution in [0.25, 0.3) is 0 Å². The van der Waals surface area contributed by atoms with Crippen LogP contribution in [-0.4, -0.2) is 21.8 Å². The molecule has 7 heavy (non-hydrogen) atoms. The molecular formula is C4H9NOS. The van der Waals surface area contributed by atoms with Crippen LogP contribution in [0.3, 0.4) is 0 Å². The van der Waals surface area contributed by atoms with Crippen LogP contribution in [0.15, 0.2) is 0 Å². The molecule has 1 aliphatic rings. The van der Waals surface area contributed by atoms with Gasteiger partial charge >= 0.3 is 0 Å². The van der Waals surface area contributed by atoms with E-state index < -0.39 is 10.8 Å². The molecule has 0 unspecified atom stereocenters. The van der Waals surface area contributed by atoms with Gasteiger partial charge in [0, 0.05) is 28.3 Å². The van der Waals surface area contributed by atoms with Crippen LogP contribution in [0, 0.1) is 0 Å². The molecule has 1 fully saturated rings. The van der Waals surface area contributed by atoms with Crippen molar-refractivity contribution >= 4 is 10.8 Å². The van der Waals surface area contributed by atoms with Crippen LogP contribution in [0.2, 0.25) is 0 Å². The molecule has 0 aliphatic carbocycles. The Balaban J connectivity index is 2.40. The molecule has 0 radical (unpaired) electrons. The molecule has 2 atom stereocenters. The normalized spacial score (nSPS) is 41.9. The molecule has 0 spiro atoms. The third kappa shape index (κ3) is 1.24. The van der Waals surface area contributed by atoms with Gasteiger partial charge < -0.3 is 5.73 Å². The van der Waals surface area contributed by atoms with Crippen LogP contribution in [0.1, 0.15) is 6.42 Å². The van der Waals surface area contributed by atoms with Crippen molar-refractivity contribution in [3.8, 4) is 0 Å². The molecule has 1 aliphatic heterocycles. The first-order chi connectivity index (χ1) is 3.29. The van der Waals surface area contributed by atoms with Crippen molar-refractivity contribution in [2.24, 2.45) is 5.73 Å². The minimum Gasteiger partial charge on any atom is -0.327 e. The van der Waals surface area contributed by atoms with Crippen LogP contribution >= 0.6 is 0 Å². The first-order valence-corrected chi connectivity index (χ1v) is 3.88. The maximum atomic E-state index is 10.5. The number of rotatable bonds is 0. The highest BCUT2D eigenvalue weighted by atomic mass is 32.2. The van der Waals surface area contributed by atoms with E-state index in [-0.39, 0.29) is 6.04 Å². The van der Waals surface area contributed by atoms with E-state index in [0.29, 0.717) is 0 Å². The van der Waals surface area contributed by atoms with E-state index in [4.69, 9.17) is 5.73 Å². The Kier molecular flexibility index (Phi) is 1.44. The SMILES string of the molecule is N[C@H]1CC[S@@](=O)C1. The average molecular weight is 119 g/mol.